The second-order valence-electron chi connectivity index (χ2n) is 6.44. The Bertz CT molecular complexity index is 1000. The highest BCUT2D eigenvalue weighted by molar-refractivity contribution is 7.10. The fourth-order valence-corrected chi connectivity index (χ4v) is 4.82. The molecule has 3 nitrogen and oxygen atoms in total. The highest BCUT2D eigenvalue weighted by atomic mass is 32.1. The number of rotatable bonds is 6. The van der Waals surface area contributed by atoms with Gasteiger partial charge in [0.25, 0.3) is 0 Å². The molecule has 4 rings (SSSR count). The van der Waals surface area contributed by atoms with Crippen LogP contribution in [-0.2, 0) is 16.8 Å². The molecule has 1 amide bonds. The number of benzene rings is 2. The molecule has 0 fully saturated rings. The molecule has 136 valence electrons. The average Bonchev–Trinajstić information content (AvgIpc) is 3.41. The molecular weight excluding hydrogens is 374 g/mol. The van der Waals surface area contributed by atoms with Crippen molar-refractivity contribution in [3.8, 4) is 0 Å². The number of carbonyl (C=O) groups is 1. The van der Waals surface area contributed by atoms with Gasteiger partial charge in [0, 0.05) is 10.4 Å². The molecule has 0 aliphatic rings. The van der Waals surface area contributed by atoms with Crippen molar-refractivity contribution in [2.75, 3.05) is 6.54 Å². The van der Waals surface area contributed by atoms with E-state index in [1.165, 1.54) is 22.7 Å². The van der Waals surface area contributed by atoms with Gasteiger partial charge in [-0.3, -0.25) is 4.79 Å². The fourth-order valence-electron chi connectivity index (χ4n) is 3.25. The van der Waals surface area contributed by atoms with E-state index in [2.05, 4.69) is 5.32 Å². The third kappa shape index (κ3) is 3.67. The minimum absolute atomic E-state index is 0.100. The van der Waals surface area contributed by atoms with Crippen LogP contribution >= 0.6 is 22.7 Å². The Kier molecular flexibility index (Phi) is 5.07. The zero-order chi connectivity index (χ0) is 18.7. The summed E-state index contributed by atoms with van der Waals surface area (Å²) in [4.78, 5) is 13.5. The molecule has 2 aromatic carbocycles. The van der Waals surface area contributed by atoms with Crippen LogP contribution in [0.4, 0.5) is 0 Å². The predicted octanol–water partition coefficient (Wildman–Crippen LogP) is 4.56. The van der Waals surface area contributed by atoms with E-state index in [0.717, 1.165) is 26.8 Å². The number of amides is 1. The van der Waals surface area contributed by atoms with Gasteiger partial charge in [-0.15, -0.1) is 11.3 Å². The summed E-state index contributed by atoms with van der Waals surface area (Å²) in [5.41, 5.74) is 0.587. The molecule has 0 radical (unpaired) electrons. The topological polar surface area (TPSA) is 49.3 Å². The molecule has 4 aromatic rings. The van der Waals surface area contributed by atoms with Gasteiger partial charge in [0.2, 0.25) is 5.91 Å². The minimum atomic E-state index is -1.21. The maximum absolute atomic E-state index is 12.6. The number of fused-ring (bicyclic) bond motifs is 1. The Balaban J connectivity index is 1.52. The molecule has 0 unspecified atom stereocenters. The van der Waals surface area contributed by atoms with Crippen molar-refractivity contribution in [2.45, 2.75) is 12.0 Å². The Morgan fingerprint density at radius 2 is 1.85 bits per heavy atom. The normalized spacial score (nSPS) is 13.4. The first-order valence-electron chi connectivity index (χ1n) is 8.69. The summed E-state index contributed by atoms with van der Waals surface area (Å²) in [7, 11) is 0. The molecule has 27 heavy (non-hydrogen) atoms. The second kappa shape index (κ2) is 7.64. The number of hydrogen-bond acceptors (Lipinski definition) is 4. The number of nitrogens with one attached hydrogen (secondary N) is 1. The first-order chi connectivity index (χ1) is 13.2. The summed E-state index contributed by atoms with van der Waals surface area (Å²) >= 11 is 3.02. The van der Waals surface area contributed by atoms with Crippen LogP contribution in [-0.4, -0.2) is 17.6 Å². The Morgan fingerprint density at radius 1 is 1.00 bits per heavy atom. The maximum atomic E-state index is 12.6. The van der Waals surface area contributed by atoms with Crippen LogP contribution in [0, 0.1) is 0 Å². The summed E-state index contributed by atoms with van der Waals surface area (Å²) < 4.78 is 0. The smallest absolute Gasteiger partial charge is 0.224 e. The Morgan fingerprint density at radius 3 is 2.63 bits per heavy atom. The van der Waals surface area contributed by atoms with Crippen molar-refractivity contribution in [3.63, 3.8) is 0 Å². The molecule has 0 spiro atoms. The first-order valence-corrected chi connectivity index (χ1v) is 10.5. The lowest BCUT2D eigenvalue weighted by molar-refractivity contribution is -0.121. The zero-order valence-corrected chi connectivity index (χ0v) is 16.2. The highest BCUT2D eigenvalue weighted by Gasteiger charge is 2.33. The quantitative estimate of drug-likeness (QED) is 0.505. The number of hydrogen-bond donors (Lipinski definition) is 2. The summed E-state index contributed by atoms with van der Waals surface area (Å²) in [6, 6.07) is 19.8. The molecule has 1 atom stereocenters. The standard InChI is InChI=1S/C22H19NO2S2/c24-21(13-17-7-3-6-16-5-1-2-8-19(16)17)23-15-22(25,18-10-12-26-14-18)20-9-4-11-27-20/h1-12,14,25H,13,15H2,(H,23,24)/t22-/m1/s1. The molecule has 2 N–H and O–H groups in total. The highest BCUT2D eigenvalue weighted by Crippen LogP contribution is 2.33. The van der Waals surface area contributed by atoms with E-state index >= 15 is 0 Å². The van der Waals surface area contributed by atoms with Gasteiger partial charge in [0.05, 0.1) is 13.0 Å². The van der Waals surface area contributed by atoms with Gasteiger partial charge in [-0.1, -0.05) is 48.5 Å². The number of carbonyl (C=O) groups excluding carboxylic acids is 1. The summed E-state index contributed by atoms with van der Waals surface area (Å²) in [6.07, 6.45) is 0.283. The third-order valence-electron chi connectivity index (χ3n) is 4.70. The lowest BCUT2D eigenvalue weighted by atomic mass is 9.94. The minimum Gasteiger partial charge on any atom is -0.378 e. The predicted molar refractivity (Wildman–Crippen MR) is 112 cm³/mol. The van der Waals surface area contributed by atoms with E-state index in [1.807, 2.05) is 76.8 Å². The van der Waals surface area contributed by atoms with Gasteiger partial charge in [-0.05, 0) is 44.6 Å². The van der Waals surface area contributed by atoms with E-state index in [0.29, 0.717) is 0 Å². The van der Waals surface area contributed by atoms with E-state index < -0.39 is 5.60 Å². The molecular formula is C22H19NO2S2. The van der Waals surface area contributed by atoms with Crippen LogP contribution in [0.1, 0.15) is 16.0 Å². The maximum Gasteiger partial charge on any atom is 0.224 e. The number of aliphatic hydroxyl groups is 1. The van der Waals surface area contributed by atoms with E-state index in [1.54, 1.807) is 0 Å². The lowest BCUT2D eigenvalue weighted by Crippen LogP contribution is -2.41. The van der Waals surface area contributed by atoms with Gasteiger partial charge in [0.1, 0.15) is 5.60 Å². The Hall–Kier alpha value is -2.47. The van der Waals surface area contributed by atoms with Crippen LogP contribution in [0.2, 0.25) is 0 Å². The fraction of sp³-hybridized carbons (Fsp3) is 0.136. The van der Waals surface area contributed by atoms with Crippen LogP contribution < -0.4 is 5.32 Å². The SMILES string of the molecule is O=C(Cc1cccc2ccccc12)NC[C@@](O)(c1ccsc1)c1cccs1. The van der Waals surface area contributed by atoms with Gasteiger partial charge in [-0.2, -0.15) is 11.3 Å². The van der Waals surface area contributed by atoms with Crippen molar-refractivity contribution >= 4 is 39.4 Å². The molecule has 0 aliphatic heterocycles. The molecule has 5 heteroatoms. The molecule has 2 heterocycles. The summed E-state index contributed by atoms with van der Waals surface area (Å²) in [5.74, 6) is -0.100. The van der Waals surface area contributed by atoms with Crippen molar-refractivity contribution in [2.24, 2.45) is 0 Å². The molecule has 0 bridgehead atoms. The van der Waals surface area contributed by atoms with Crippen molar-refractivity contribution in [1.82, 2.24) is 5.32 Å². The molecule has 0 aliphatic carbocycles. The first kappa shape index (κ1) is 17.9. The monoisotopic (exact) mass is 393 g/mol. The van der Waals surface area contributed by atoms with Crippen LogP contribution in [0.15, 0.2) is 76.8 Å². The van der Waals surface area contributed by atoms with Crippen molar-refractivity contribution in [3.05, 3.63) is 92.8 Å². The van der Waals surface area contributed by atoms with Crippen molar-refractivity contribution < 1.29 is 9.90 Å². The van der Waals surface area contributed by atoms with Crippen LogP contribution in [0.3, 0.4) is 0 Å². The second-order valence-corrected chi connectivity index (χ2v) is 8.17. The number of thiophene rings is 2. The summed E-state index contributed by atoms with van der Waals surface area (Å²) in [6.45, 7) is 0.147. The van der Waals surface area contributed by atoms with E-state index in [4.69, 9.17) is 0 Å². The third-order valence-corrected chi connectivity index (χ3v) is 6.40. The Labute approximate surface area is 165 Å². The van der Waals surface area contributed by atoms with E-state index in [9.17, 15) is 9.90 Å². The largest absolute Gasteiger partial charge is 0.378 e. The van der Waals surface area contributed by atoms with Gasteiger partial charge in [0.15, 0.2) is 0 Å². The molecule has 0 saturated heterocycles. The lowest BCUT2D eigenvalue weighted by Gasteiger charge is -2.27. The molecule has 2 aromatic heterocycles. The molecule has 0 saturated carbocycles. The van der Waals surface area contributed by atoms with Gasteiger partial charge in [-0.25, -0.2) is 0 Å². The van der Waals surface area contributed by atoms with Crippen LogP contribution in [0.5, 0.6) is 0 Å². The van der Waals surface area contributed by atoms with Gasteiger partial charge < -0.3 is 10.4 Å². The average molecular weight is 394 g/mol. The van der Waals surface area contributed by atoms with Crippen LogP contribution in [0.25, 0.3) is 10.8 Å². The van der Waals surface area contributed by atoms with Crippen molar-refractivity contribution in [1.29, 1.82) is 0 Å². The van der Waals surface area contributed by atoms with E-state index in [-0.39, 0.29) is 18.9 Å². The summed E-state index contributed by atoms with van der Waals surface area (Å²) in [5, 5.41) is 22.3. The van der Waals surface area contributed by atoms with Gasteiger partial charge >= 0.3 is 0 Å². The zero-order valence-electron chi connectivity index (χ0n) is 14.6.